The van der Waals surface area contributed by atoms with E-state index in [2.05, 4.69) is 20.9 Å². The normalized spacial score (nSPS) is 11.1. The molecule has 3 heterocycles. The van der Waals surface area contributed by atoms with E-state index in [0.717, 1.165) is 23.9 Å². The van der Waals surface area contributed by atoms with Crippen LogP contribution < -0.4 is 16.0 Å². The average Bonchev–Trinajstić information content (AvgIpc) is 3.51. The summed E-state index contributed by atoms with van der Waals surface area (Å²) in [5.41, 5.74) is 3.43. The molecule has 0 aliphatic rings. The zero-order valence-electron chi connectivity index (χ0n) is 20.9. The van der Waals surface area contributed by atoms with Gasteiger partial charge in [0.1, 0.15) is 11.4 Å². The topological polar surface area (TPSA) is 116 Å². The highest BCUT2D eigenvalue weighted by molar-refractivity contribution is 6.07. The predicted octanol–water partition coefficient (Wildman–Crippen LogP) is 3.63. The second-order valence-corrected chi connectivity index (χ2v) is 9.14. The number of H-pyrrole nitrogens is 1. The van der Waals surface area contributed by atoms with Crippen LogP contribution in [0.25, 0.3) is 10.9 Å². The highest BCUT2D eigenvalue weighted by atomic mass is 16.2. The fourth-order valence-corrected chi connectivity index (χ4v) is 3.94. The third-order valence-corrected chi connectivity index (χ3v) is 5.75. The van der Waals surface area contributed by atoms with Gasteiger partial charge in [-0.1, -0.05) is 6.07 Å². The van der Waals surface area contributed by atoms with Crippen molar-refractivity contribution in [2.24, 2.45) is 14.1 Å². The summed E-state index contributed by atoms with van der Waals surface area (Å²) in [7, 11) is 7.57. The van der Waals surface area contributed by atoms with Gasteiger partial charge in [-0.05, 0) is 57.4 Å². The van der Waals surface area contributed by atoms with Gasteiger partial charge in [0.15, 0.2) is 0 Å². The molecular formula is C26H31N7O3. The number of nitrogens with zero attached hydrogens (tertiary/aromatic N) is 3. The molecule has 0 unspecified atom stereocenters. The number of anilines is 3. The SMILES string of the molecule is CN(C)CCCC(=O)Nc1cc(C(=O)Nc2ccc3cc(C(=O)Nc4ccn(C)c4)[nH]c3c2)n(C)c1. The molecule has 36 heavy (non-hydrogen) atoms. The molecule has 3 amide bonds. The Hall–Kier alpha value is -4.31. The number of aryl methyl sites for hydroxylation is 2. The van der Waals surface area contributed by atoms with E-state index in [1.807, 2.05) is 55.1 Å². The number of carbonyl (C=O) groups excluding carboxylic acids is 3. The predicted molar refractivity (Wildman–Crippen MR) is 141 cm³/mol. The minimum Gasteiger partial charge on any atom is -0.355 e. The molecule has 0 saturated carbocycles. The molecule has 0 radical (unpaired) electrons. The van der Waals surface area contributed by atoms with Crippen LogP contribution in [0.3, 0.4) is 0 Å². The molecule has 4 aromatic rings. The Balaban J connectivity index is 1.40. The van der Waals surface area contributed by atoms with Crippen LogP contribution in [0, 0.1) is 0 Å². The van der Waals surface area contributed by atoms with Crippen LogP contribution in [-0.2, 0) is 18.9 Å². The second-order valence-electron chi connectivity index (χ2n) is 9.14. The van der Waals surface area contributed by atoms with Crippen molar-refractivity contribution in [3.8, 4) is 0 Å². The van der Waals surface area contributed by atoms with Crippen molar-refractivity contribution in [2.45, 2.75) is 12.8 Å². The summed E-state index contributed by atoms with van der Waals surface area (Å²) in [5.74, 6) is -0.639. The van der Waals surface area contributed by atoms with Crippen LogP contribution in [0.1, 0.15) is 33.8 Å². The maximum absolute atomic E-state index is 12.9. The molecular weight excluding hydrogens is 458 g/mol. The lowest BCUT2D eigenvalue weighted by Gasteiger charge is -2.08. The summed E-state index contributed by atoms with van der Waals surface area (Å²) in [5, 5.41) is 9.44. The van der Waals surface area contributed by atoms with Crippen LogP contribution >= 0.6 is 0 Å². The van der Waals surface area contributed by atoms with Gasteiger partial charge in [-0.2, -0.15) is 0 Å². The molecule has 10 heteroatoms. The van der Waals surface area contributed by atoms with Crippen LogP contribution in [0.4, 0.5) is 17.1 Å². The second kappa shape index (κ2) is 10.5. The van der Waals surface area contributed by atoms with Crippen LogP contribution in [0.15, 0.2) is 55.0 Å². The highest BCUT2D eigenvalue weighted by Gasteiger charge is 2.15. The van der Waals surface area contributed by atoms with Gasteiger partial charge >= 0.3 is 0 Å². The number of hydrogen-bond acceptors (Lipinski definition) is 4. The largest absolute Gasteiger partial charge is 0.355 e. The molecule has 188 valence electrons. The van der Waals surface area contributed by atoms with Crippen molar-refractivity contribution < 1.29 is 14.4 Å². The first-order valence-electron chi connectivity index (χ1n) is 11.7. The zero-order valence-corrected chi connectivity index (χ0v) is 20.9. The van der Waals surface area contributed by atoms with Gasteiger partial charge in [0.2, 0.25) is 5.91 Å². The van der Waals surface area contributed by atoms with Crippen LogP contribution in [0.2, 0.25) is 0 Å². The molecule has 0 saturated heterocycles. The number of fused-ring (bicyclic) bond motifs is 1. The van der Waals surface area contributed by atoms with Crippen molar-refractivity contribution in [2.75, 3.05) is 36.6 Å². The number of amides is 3. The van der Waals surface area contributed by atoms with Gasteiger partial charge in [-0.25, -0.2) is 0 Å². The minimum absolute atomic E-state index is 0.0845. The van der Waals surface area contributed by atoms with E-state index in [0.29, 0.717) is 34.9 Å². The third-order valence-electron chi connectivity index (χ3n) is 5.75. The molecule has 4 N–H and O–H groups in total. The molecule has 0 aliphatic heterocycles. The molecule has 0 fully saturated rings. The Morgan fingerprint density at radius 3 is 2.39 bits per heavy atom. The first-order chi connectivity index (χ1) is 17.2. The first kappa shape index (κ1) is 24.8. The summed E-state index contributed by atoms with van der Waals surface area (Å²) in [6.07, 6.45) is 6.56. The fraction of sp³-hybridized carbons (Fsp3) is 0.269. The molecule has 0 atom stereocenters. The quantitative estimate of drug-likeness (QED) is 0.287. The van der Waals surface area contributed by atoms with E-state index in [1.54, 1.807) is 42.1 Å². The zero-order chi connectivity index (χ0) is 25.8. The first-order valence-corrected chi connectivity index (χ1v) is 11.7. The van der Waals surface area contributed by atoms with E-state index >= 15 is 0 Å². The van der Waals surface area contributed by atoms with Crippen molar-refractivity contribution in [3.63, 3.8) is 0 Å². The summed E-state index contributed by atoms with van der Waals surface area (Å²) in [6.45, 7) is 0.834. The highest BCUT2D eigenvalue weighted by Crippen LogP contribution is 2.22. The van der Waals surface area contributed by atoms with E-state index in [-0.39, 0.29) is 17.7 Å². The maximum Gasteiger partial charge on any atom is 0.272 e. The number of aromatic amines is 1. The number of aromatic nitrogens is 3. The average molecular weight is 490 g/mol. The Bertz CT molecular complexity index is 1410. The fourth-order valence-electron chi connectivity index (χ4n) is 3.94. The number of nitrogens with one attached hydrogen (secondary N) is 4. The lowest BCUT2D eigenvalue weighted by atomic mass is 10.2. The molecule has 3 aromatic heterocycles. The third kappa shape index (κ3) is 6.02. The summed E-state index contributed by atoms with van der Waals surface area (Å²) < 4.78 is 3.52. The van der Waals surface area contributed by atoms with Crippen molar-refractivity contribution in [3.05, 3.63) is 66.4 Å². The summed E-state index contributed by atoms with van der Waals surface area (Å²) in [4.78, 5) is 42.8. The molecule has 1 aromatic carbocycles. The number of benzene rings is 1. The Labute approximate surface area is 209 Å². The Kier molecular flexibility index (Phi) is 7.25. The lowest BCUT2D eigenvalue weighted by molar-refractivity contribution is -0.116. The number of carbonyl (C=O) groups is 3. The van der Waals surface area contributed by atoms with Gasteiger partial charge in [0.25, 0.3) is 11.8 Å². The summed E-state index contributed by atoms with van der Waals surface area (Å²) >= 11 is 0. The molecule has 10 nitrogen and oxygen atoms in total. The van der Waals surface area contributed by atoms with Gasteiger partial charge in [0.05, 0.1) is 11.4 Å². The molecule has 4 rings (SSSR count). The number of hydrogen-bond donors (Lipinski definition) is 4. The van der Waals surface area contributed by atoms with E-state index in [4.69, 9.17) is 0 Å². The summed E-state index contributed by atoms with van der Waals surface area (Å²) in [6, 6.07) is 10.6. The van der Waals surface area contributed by atoms with Gasteiger partial charge in [-0.3, -0.25) is 14.4 Å². The Morgan fingerprint density at radius 1 is 0.889 bits per heavy atom. The maximum atomic E-state index is 12.9. The molecule has 0 spiro atoms. The van der Waals surface area contributed by atoms with Gasteiger partial charge in [0, 0.05) is 55.7 Å². The molecule has 0 bridgehead atoms. The van der Waals surface area contributed by atoms with Crippen LogP contribution in [-0.4, -0.2) is 57.4 Å². The van der Waals surface area contributed by atoms with Crippen molar-refractivity contribution >= 4 is 45.7 Å². The molecule has 0 aliphatic carbocycles. The standard InChI is InChI=1S/C26H31N7O3/c1-31(2)10-5-6-24(34)27-20-14-23(33(4)16-20)26(36)28-18-8-7-17-12-22(30-21(17)13-18)25(35)29-19-9-11-32(3)15-19/h7-9,11-16,30H,5-6,10H2,1-4H3,(H,27,34)(H,28,36)(H,29,35). The minimum atomic E-state index is -0.307. The smallest absolute Gasteiger partial charge is 0.272 e. The van der Waals surface area contributed by atoms with E-state index in [1.165, 1.54) is 0 Å². The van der Waals surface area contributed by atoms with E-state index < -0.39 is 0 Å². The van der Waals surface area contributed by atoms with E-state index in [9.17, 15) is 14.4 Å². The number of rotatable bonds is 9. The lowest BCUT2D eigenvalue weighted by Crippen LogP contribution is -2.17. The Morgan fingerprint density at radius 2 is 1.67 bits per heavy atom. The van der Waals surface area contributed by atoms with Gasteiger partial charge in [-0.15, -0.1) is 0 Å². The van der Waals surface area contributed by atoms with Crippen molar-refractivity contribution in [1.82, 2.24) is 19.0 Å². The van der Waals surface area contributed by atoms with Crippen molar-refractivity contribution in [1.29, 1.82) is 0 Å². The monoisotopic (exact) mass is 489 g/mol. The van der Waals surface area contributed by atoms with Gasteiger partial charge < -0.3 is 35.0 Å². The van der Waals surface area contributed by atoms with Crippen LogP contribution in [0.5, 0.6) is 0 Å².